The molecule has 2 atom stereocenters. The van der Waals surface area contributed by atoms with Gasteiger partial charge in [0.05, 0.1) is 11.8 Å². The van der Waals surface area contributed by atoms with Crippen molar-refractivity contribution >= 4 is 17.6 Å². The summed E-state index contributed by atoms with van der Waals surface area (Å²) >= 11 is 0. The number of carboxylic acid groups (broad SMARTS) is 1. The van der Waals surface area contributed by atoms with Crippen molar-refractivity contribution in [3.05, 3.63) is 29.8 Å². The number of nitrogens with zero attached hydrogens (tertiary/aromatic N) is 1. The fraction of sp³-hybridized carbons (Fsp3) is 0.500. The molecule has 1 aliphatic rings. The number of hydrogen-bond acceptors (Lipinski definition) is 2. The number of anilines is 1. The van der Waals surface area contributed by atoms with Crippen molar-refractivity contribution in [2.24, 2.45) is 17.3 Å². The number of carboxylic acids is 1. The predicted molar refractivity (Wildman–Crippen MR) is 77.6 cm³/mol. The van der Waals surface area contributed by atoms with Crippen LogP contribution in [0.5, 0.6) is 0 Å². The third-order valence-corrected chi connectivity index (χ3v) is 4.29. The summed E-state index contributed by atoms with van der Waals surface area (Å²) in [5.41, 5.74) is 1.50. The van der Waals surface area contributed by atoms with Crippen LogP contribution in [-0.2, 0) is 9.59 Å². The van der Waals surface area contributed by atoms with E-state index in [9.17, 15) is 14.7 Å². The Morgan fingerprint density at radius 1 is 1.20 bits per heavy atom. The van der Waals surface area contributed by atoms with E-state index in [2.05, 4.69) is 0 Å². The van der Waals surface area contributed by atoms with E-state index >= 15 is 0 Å². The van der Waals surface area contributed by atoms with E-state index in [1.54, 1.807) is 4.90 Å². The third kappa shape index (κ3) is 2.30. The summed E-state index contributed by atoms with van der Waals surface area (Å²) in [6, 6.07) is 7.72. The zero-order valence-corrected chi connectivity index (χ0v) is 12.4. The van der Waals surface area contributed by atoms with Gasteiger partial charge in [0.25, 0.3) is 0 Å². The molecule has 2 rings (SSSR count). The van der Waals surface area contributed by atoms with Crippen LogP contribution in [0, 0.1) is 24.2 Å². The highest BCUT2D eigenvalue weighted by molar-refractivity contribution is 6.01. The van der Waals surface area contributed by atoms with Crippen LogP contribution < -0.4 is 4.90 Å². The minimum atomic E-state index is -0.881. The maximum atomic E-state index is 12.6. The first-order valence-corrected chi connectivity index (χ1v) is 6.91. The molecule has 0 aromatic heterocycles. The van der Waals surface area contributed by atoms with Gasteiger partial charge in [0.1, 0.15) is 0 Å². The minimum Gasteiger partial charge on any atom is -0.481 e. The molecule has 4 heteroatoms. The summed E-state index contributed by atoms with van der Waals surface area (Å²) in [4.78, 5) is 25.5. The number of aliphatic carboxylic acids is 1. The van der Waals surface area contributed by atoms with Gasteiger partial charge in [0.15, 0.2) is 0 Å². The second kappa shape index (κ2) is 4.93. The molecular formula is C16H21NO3. The predicted octanol–water partition coefficient (Wildman–Crippen LogP) is 2.70. The molecule has 0 bridgehead atoms. The highest BCUT2D eigenvalue weighted by atomic mass is 16.4. The van der Waals surface area contributed by atoms with Gasteiger partial charge in [-0.05, 0) is 31.4 Å². The van der Waals surface area contributed by atoms with Crippen molar-refractivity contribution in [3.8, 4) is 0 Å². The molecular weight excluding hydrogens is 254 g/mol. The Bertz CT molecular complexity index is 533. The van der Waals surface area contributed by atoms with Crippen LogP contribution in [0.4, 0.5) is 5.69 Å². The molecule has 0 saturated heterocycles. The molecule has 1 aromatic rings. The average molecular weight is 275 g/mol. The molecule has 0 spiro atoms. The summed E-state index contributed by atoms with van der Waals surface area (Å²) in [5, 5.41) is 9.20. The average Bonchev–Trinajstić information content (AvgIpc) is 2.95. The van der Waals surface area contributed by atoms with Crippen LogP contribution in [0.25, 0.3) is 0 Å². The normalized spacial score (nSPS) is 23.2. The zero-order valence-electron chi connectivity index (χ0n) is 12.4. The second-order valence-corrected chi connectivity index (χ2v) is 6.03. The monoisotopic (exact) mass is 275 g/mol. The van der Waals surface area contributed by atoms with E-state index in [1.165, 1.54) is 0 Å². The van der Waals surface area contributed by atoms with E-state index in [0.29, 0.717) is 6.54 Å². The van der Waals surface area contributed by atoms with Gasteiger partial charge in [0.2, 0.25) is 5.91 Å². The Morgan fingerprint density at radius 3 is 2.15 bits per heavy atom. The largest absolute Gasteiger partial charge is 0.481 e. The smallest absolute Gasteiger partial charge is 0.307 e. The molecule has 1 aliphatic carbocycles. The third-order valence-electron chi connectivity index (χ3n) is 4.29. The lowest BCUT2D eigenvalue weighted by atomic mass is 10.1. The SMILES string of the molecule is CCN(C(=O)C1C(C(=O)O)C1(C)C)c1ccc(C)cc1. The Balaban J connectivity index is 2.23. The quantitative estimate of drug-likeness (QED) is 0.919. The first-order valence-electron chi connectivity index (χ1n) is 6.91. The van der Waals surface area contributed by atoms with Crippen molar-refractivity contribution in [3.63, 3.8) is 0 Å². The molecule has 108 valence electrons. The Labute approximate surface area is 119 Å². The van der Waals surface area contributed by atoms with Gasteiger partial charge in [0, 0.05) is 12.2 Å². The number of benzene rings is 1. The van der Waals surface area contributed by atoms with Gasteiger partial charge in [-0.2, -0.15) is 0 Å². The number of amides is 1. The number of rotatable bonds is 4. The maximum absolute atomic E-state index is 12.6. The number of aryl methyl sites for hydroxylation is 1. The van der Waals surface area contributed by atoms with E-state index in [1.807, 2.05) is 52.0 Å². The minimum absolute atomic E-state index is 0.0891. The van der Waals surface area contributed by atoms with Gasteiger partial charge in [-0.15, -0.1) is 0 Å². The summed E-state index contributed by atoms with van der Waals surface area (Å²) in [6.07, 6.45) is 0. The van der Waals surface area contributed by atoms with Crippen molar-refractivity contribution in [2.75, 3.05) is 11.4 Å². The van der Waals surface area contributed by atoms with Crippen LogP contribution in [0.3, 0.4) is 0 Å². The number of carbonyl (C=O) groups excluding carboxylic acids is 1. The van der Waals surface area contributed by atoms with Gasteiger partial charge in [-0.3, -0.25) is 9.59 Å². The molecule has 2 unspecified atom stereocenters. The van der Waals surface area contributed by atoms with Crippen molar-refractivity contribution in [1.82, 2.24) is 0 Å². The summed E-state index contributed by atoms with van der Waals surface area (Å²) in [6.45, 7) is 8.13. The first kappa shape index (κ1) is 14.6. The summed E-state index contributed by atoms with van der Waals surface area (Å²) in [5.74, 6) is -1.97. The first-order chi connectivity index (χ1) is 9.30. The number of carbonyl (C=O) groups is 2. The Kier molecular flexibility index (Phi) is 3.59. The lowest BCUT2D eigenvalue weighted by Crippen LogP contribution is -2.33. The van der Waals surface area contributed by atoms with E-state index in [4.69, 9.17) is 0 Å². The molecule has 20 heavy (non-hydrogen) atoms. The van der Waals surface area contributed by atoms with Gasteiger partial charge in [-0.25, -0.2) is 0 Å². The van der Waals surface area contributed by atoms with Crippen molar-refractivity contribution in [2.45, 2.75) is 27.7 Å². The fourth-order valence-electron chi connectivity index (χ4n) is 2.92. The molecule has 1 amide bonds. The van der Waals surface area contributed by atoms with Crippen molar-refractivity contribution in [1.29, 1.82) is 0 Å². The lowest BCUT2D eigenvalue weighted by molar-refractivity contribution is -0.140. The fourth-order valence-corrected chi connectivity index (χ4v) is 2.92. The van der Waals surface area contributed by atoms with E-state index in [-0.39, 0.29) is 5.91 Å². The molecule has 1 fully saturated rings. The van der Waals surface area contributed by atoms with E-state index in [0.717, 1.165) is 11.3 Å². The van der Waals surface area contributed by atoms with Crippen LogP contribution in [0.15, 0.2) is 24.3 Å². The van der Waals surface area contributed by atoms with Gasteiger partial charge >= 0.3 is 5.97 Å². The molecule has 1 N–H and O–H groups in total. The Morgan fingerprint density at radius 2 is 1.75 bits per heavy atom. The number of hydrogen-bond donors (Lipinski definition) is 1. The summed E-state index contributed by atoms with van der Waals surface area (Å²) in [7, 11) is 0. The topological polar surface area (TPSA) is 57.6 Å². The van der Waals surface area contributed by atoms with Crippen LogP contribution in [0.1, 0.15) is 26.3 Å². The Hall–Kier alpha value is -1.84. The zero-order chi connectivity index (χ0) is 15.1. The molecule has 4 nitrogen and oxygen atoms in total. The van der Waals surface area contributed by atoms with Gasteiger partial charge in [-0.1, -0.05) is 31.5 Å². The van der Waals surface area contributed by atoms with Crippen molar-refractivity contribution < 1.29 is 14.7 Å². The molecule has 0 radical (unpaired) electrons. The van der Waals surface area contributed by atoms with Crippen LogP contribution >= 0.6 is 0 Å². The highest BCUT2D eigenvalue weighted by Crippen LogP contribution is 2.59. The summed E-state index contributed by atoms with van der Waals surface area (Å²) < 4.78 is 0. The van der Waals surface area contributed by atoms with Crippen LogP contribution in [0.2, 0.25) is 0 Å². The molecule has 1 saturated carbocycles. The maximum Gasteiger partial charge on any atom is 0.307 e. The van der Waals surface area contributed by atoms with E-state index < -0.39 is 23.2 Å². The molecule has 0 aliphatic heterocycles. The second-order valence-electron chi connectivity index (χ2n) is 6.03. The highest BCUT2D eigenvalue weighted by Gasteiger charge is 2.66. The lowest BCUT2D eigenvalue weighted by Gasteiger charge is -2.22. The molecule has 1 aromatic carbocycles. The molecule has 0 heterocycles. The van der Waals surface area contributed by atoms with Crippen LogP contribution in [-0.4, -0.2) is 23.5 Å². The standard InChI is InChI=1S/C16H21NO3/c1-5-17(11-8-6-10(2)7-9-11)14(18)12-13(15(19)20)16(12,3)4/h6-9,12-13H,5H2,1-4H3,(H,19,20). The van der Waals surface area contributed by atoms with Gasteiger partial charge < -0.3 is 10.0 Å².